The van der Waals surface area contributed by atoms with Gasteiger partial charge in [0.2, 0.25) is 0 Å². The molecule has 0 atom stereocenters. The van der Waals surface area contributed by atoms with Gasteiger partial charge in [0, 0.05) is 16.9 Å². The van der Waals surface area contributed by atoms with Crippen LogP contribution in [0.1, 0.15) is 22.3 Å². The van der Waals surface area contributed by atoms with Crippen LogP contribution in [-0.2, 0) is 5.41 Å². The molecule has 0 radical (unpaired) electrons. The predicted octanol–water partition coefficient (Wildman–Crippen LogP) is 13.1. The van der Waals surface area contributed by atoms with Crippen molar-refractivity contribution in [1.82, 2.24) is 0 Å². The fourth-order valence-electron chi connectivity index (χ4n) is 8.84. The minimum atomic E-state index is -0.464. The number of ether oxygens (including phenoxy) is 2. The van der Waals surface area contributed by atoms with Crippen LogP contribution in [0.15, 0.2) is 188 Å². The standard InChI is InChI=1S/C49H31NO2/c1-3-14-32(15-4-1)33-26-28-35(29-27-33)50(34-16-5-2-6-17-34)43-24-13-25-44-47(43)52-48-45(51-44)31-30-42-46(48)38-20-9-12-23-41(38)49(42)39-21-10-7-18-36(39)37-19-8-11-22-40(37)49/h1-31H. The number of fused-ring (bicyclic) bond motifs is 13. The Morgan fingerprint density at radius 2 is 0.885 bits per heavy atom. The molecule has 8 aromatic carbocycles. The lowest BCUT2D eigenvalue weighted by Gasteiger charge is -2.32. The van der Waals surface area contributed by atoms with Crippen molar-refractivity contribution in [2.45, 2.75) is 5.41 Å². The number of para-hydroxylation sites is 2. The first kappa shape index (κ1) is 28.9. The second kappa shape index (κ2) is 11.1. The monoisotopic (exact) mass is 665 g/mol. The molecule has 0 aromatic heterocycles. The average Bonchev–Trinajstić information content (AvgIpc) is 3.69. The van der Waals surface area contributed by atoms with Crippen LogP contribution in [0.2, 0.25) is 0 Å². The van der Waals surface area contributed by atoms with E-state index in [0.29, 0.717) is 17.2 Å². The number of nitrogens with zero attached hydrogens (tertiary/aromatic N) is 1. The van der Waals surface area contributed by atoms with Crippen LogP contribution >= 0.6 is 0 Å². The van der Waals surface area contributed by atoms with E-state index in [1.807, 2.05) is 24.3 Å². The van der Waals surface area contributed by atoms with Crippen molar-refractivity contribution < 1.29 is 9.47 Å². The Hall–Kier alpha value is -6.84. The van der Waals surface area contributed by atoms with Gasteiger partial charge in [-0.15, -0.1) is 0 Å². The van der Waals surface area contributed by atoms with Crippen LogP contribution in [0.25, 0.3) is 33.4 Å². The summed E-state index contributed by atoms with van der Waals surface area (Å²) in [5.41, 5.74) is 14.7. The normalized spacial score (nSPS) is 13.5. The molecular formula is C49H31NO2. The molecular weight excluding hydrogens is 635 g/mol. The third-order valence-electron chi connectivity index (χ3n) is 10.9. The van der Waals surface area contributed by atoms with E-state index in [1.54, 1.807) is 0 Å². The van der Waals surface area contributed by atoms with Gasteiger partial charge in [0.1, 0.15) is 0 Å². The Balaban J connectivity index is 1.10. The van der Waals surface area contributed by atoms with Gasteiger partial charge in [-0.1, -0.05) is 146 Å². The van der Waals surface area contributed by atoms with Crippen molar-refractivity contribution in [2.24, 2.45) is 0 Å². The van der Waals surface area contributed by atoms with E-state index < -0.39 is 5.41 Å². The molecule has 0 amide bonds. The number of hydrogen-bond donors (Lipinski definition) is 0. The lowest BCUT2D eigenvalue weighted by Crippen LogP contribution is -2.25. The molecule has 0 saturated carbocycles. The van der Waals surface area contributed by atoms with Crippen LogP contribution in [-0.4, -0.2) is 0 Å². The molecule has 0 saturated heterocycles. The van der Waals surface area contributed by atoms with E-state index in [1.165, 1.54) is 50.1 Å². The lowest BCUT2D eigenvalue weighted by atomic mass is 9.70. The largest absolute Gasteiger partial charge is 0.449 e. The van der Waals surface area contributed by atoms with E-state index in [4.69, 9.17) is 9.47 Å². The smallest absolute Gasteiger partial charge is 0.194 e. The highest BCUT2D eigenvalue weighted by Crippen LogP contribution is 2.66. The van der Waals surface area contributed by atoms with Crippen molar-refractivity contribution in [3.05, 3.63) is 210 Å². The Labute approximate surface area is 302 Å². The first-order valence-corrected chi connectivity index (χ1v) is 17.8. The highest BCUT2D eigenvalue weighted by Gasteiger charge is 2.53. The first-order chi connectivity index (χ1) is 25.8. The van der Waals surface area contributed by atoms with Crippen LogP contribution in [0, 0.1) is 0 Å². The number of hydrogen-bond acceptors (Lipinski definition) is 3. The van der Waals surface area contributed by atoms with Crippen molar-refractivity contribution in [3.63, 3.8) is 0 Å². The lowest BCUT2D eigenvalue weighted by molar-refractivity contribution is 0.361. The van der Waals surface area contributed by atoms with Gasteiger partial charge in [-0.25, -0.2) is 0 Å². The molecule has 2 aliphatic carbocycles. The maximum atomic E-state index is 7.24. The van der Waals surface area contributed by atoms with E-state index in [9.17, 15) is 0 Å². The highest BCUT2D eigenvalue weighted by atomic mass is 16.6. The number of rotatable bonds is 4. The first-order valence-electron chi connectivity index (χ1n) is 17.8. The molecule has 0 N–H and O–H groups in total. The molecule has 244 valence electrons. The van der Waals surface area contributed by atoms with Gasteiger partial charge in [-0.05, 0) is 92.5 Å². The zero-order valence-electron chi connectivity index (χ0n) is 28.2. The summed E-state index contributed by atoms with van der Waals surface area (Å²) in [5.74, 6) is 2.83. The molecule has 1 heterocycles. The van der Waals surface area contributed by atoms with E-state index in [0.717, 1.165) is 28.4 Å². The summed E-state index contributed by atoms with van der Waals surface area (Å²) in [7, 11) is 0. The summed E-state index contributed by atoms with van der Waals surface area (Å²) in [6.07, 6.45) is 0. The Morgan fingerprint density at radius 3 is 1.58 bits per heavy atom. The summed E-state index contributed by atoms with van der Waals surface area (Å²) in [4.78, 5) is 2.25. The Morgan fingerprint density at radius 1 is 0.346 bits per heavy atom. The highest BCUT2D eigenvalue weighted by molar-refractivity contribution is 5.98. The molecule has 0 fully saturated rings. The van der Waals surface area contributed by atoms with Gasteiger partial charge in [0.25, 0.3) is 0 Å². The van der Waals surface area contributed by atoms with Crippen molar-refractivity contribution in [1.29, 1.82) is 0 Å². The Kier molecular flexibility index (Phi) is 6.17. The quantitative estimate of drug-likeness (QED) is 0.187. The summed E-state index contributed by atoms with van der Waals surface area (Å²) < 4.78 is 14.0. The number of benzene rings is 8. The SMILES string of the molecule is c1ccc(-c2ccc(N(c3ccccc3)c3cccc4c3Oc3c(ccc5c3-c3ccccc3C53c5ccccc5-c5ccccc53)O4)cc2)cc1. The van der Waals surface area contributed by atoms with Gasteiger partial charge < -0.3 is 14.4 Å². The maximum absolute atomic E-state index is 7.24. The van der Waals surface area contributed by atoms with E-state index in [-0.39, 0.29) is 0 Å². The molecule has 11 rings (SSSR count). The van der Waals surface area contributed by atoms with Gasteiger partial charge in [-0.3, -0.25) is 0 Å². The molecule has 52 heavy (non-hydrogen) atoms. The van der Waals surface area contributed by atoms with Crippen LogP contribution in [0.5, 0.6) is 23.0 Å². The molecule has 1 aliphatic heterocycles. The molecule has 3 nitrogen and oxygen atoms in total. The average molecular weight is 666 g/mol. The van der Waals surface area contributed by atoms with Crippen LogP contribution < -0.4 is 14.4 Å². The van der Waals surface area contributed by atoms with E-state index in [2.05, 4.69) is 169 Å². The van der Waals surface area contributed by atoms with Crippen LogP contribution in [0.4, 0.5) is 17.1 Å². The van der Waals surface area contributed by atoms with Gasteiger partial charge in [0.15, 0.2) is 23.0 Å². The topological polar surface area (TPSA) is 21.7 Å². The molecule has 0 unspecified atom stereocenters. The molecule has 3 heteroatoms. The second-order valence-corrected chi connectivity index (χ2v) is 13.6. The molecule has 3 aliphatic rings. The number of anilines is 3. The van der Waals surface area contributed by atoms with Crippen LogP contribution in [0.3, 0.4) is 0 Å². The Bertz CT molecular complexity index is 2640. The van der Waals surface area contributed by atoms with E-state index >= 15 is 0 Å². The summed E-state index contributed by atoms with van der Waals surface area (Å²) in [5, 5.41) is 0. The zero-order chi connectivity index (χ0) is 34.2. The van der Waals surface area contributed by atoms with Gasteiger partial charge in [0.05, 0.1) is 11.1 Å². The summed E-state index contributed by atoms with van der Waals surface area (Å²) >= 11 is 0. The predicted molar refractivity (Wildman–Crippen MR) is 209 cm³/mol. The van der Waals surface area contributed by atoms with Crippen molar-refractivity contribution in [3.8, 4) is 56.4 Å². The second-order valence-electron chi connectivity index (χ2n) is 13.6. The summed E-state index contributed by atoms with van der Waals surface area (Å²) in [6, 6.07) is 66.7. The molecule has 1 spiro atoms. The third-order valence-corrected chi connectivity index (χ3v) is 10.9. The molecule has 0 bridgehead atoms. The maximum Gasteiger partial charge on any atom is 0.194 e. The van der Waals surface area contributed by atoms with Gasteiger partial charge in [-0.2, -0.15) is 0 Å². The fraction of sp³-hybridized carbons (Fsp3) is 0.0204. The molecule has 8 aromatic rings. The fourth-order valence-corrected chi connectivity index (χ4v) is 8.84. The van der Waals surface area contributed by atoms with Crippen molar-refractivity contribution >= 4 is 17.1 Å². The summed E-state index contributed by atoms with van der Waals surface area (Å²) in [6.45, 7) is 0. The third kappa shape index (κ3) is 3.96. The minimum Gasteiger partial charge on any atom is -0.449 e. The van der Waals surface area contributed by atoms with Gasteiger partial charge >= 0.3 is 0 Å². The minimum absolute atomic E-state index is 0.464. The van der Waals surface area contributed by atoms with Crippen molar-refractivity contribution in [2.75, 3.05) is 4.90 Å². The zero-order valence-corrected chi connectivity index (χ0v) is 28.2.